The summed E-state index contributed by atoms with van der Waals surface area (Å²) in [5, 5.41) is 0.577. The molecule has 0 unspecified atom stereocenters. The number of ether oxygens (including phenoxy) is 1. The highest BCUT2D eigenvalue weighted by molar-refractivity contribution is 7.80. The highest BCUT2D eigenvalue weighted by Crippen LogP contribution is 2.66. The van der Waals surface area contributed by atoms with Crippen molar-refractivity contribution < 1.29 is 9.39 Å². The molecule has 2 saturated carbocycles. The molecule has 5 heteroatoms. The van der Waals surface area contributed by atoms with Gasteiger partial charge in [0, 0.05) is 0 Å². The molecule has 0 amide bonds. The van der Waals surface area contributed by atoms with Gasteiger partial charge < -0.3 is 9.39 Å². The predicted molar refractivity (Wildman–Crippen MR) is 109 cm³/mol. The standard InChI is InChI=1S/C20H34BNO2S/c1-6-8-12-21(13-9-7-2)24-15(3)22-18(25)23-17-14-16-10-11-20(17,22)19(16,4)5/h16-17H,3,6-14H2,1-2,4-5H3/t16-,17-,20-/m1/s1. The third-order valence-corrected chi connectivity index (χ3v) is 7.46. The van der Waals surface area contributed by atoms with E-state index < -0.39 is 0 Å². The SMILES string of the molecule is C=C(OB(CCCC)CCCC)N1C(=S)O[C@@H]2C[C@H]3CC[C@]21C3(C)C. The fourth-order valence-corrected chi connectivity index (χ4v) is 5.98. The molecule has 1 spiro atoms. The van der Waals surface area contributed by atoms with Crippen molar-refractivity contribution >= 4 is 24.3 Å². The van der Waals surface area contributed by atoms with E-state index in [1.807, 2.05) is 0 Å². The van der Waals surface area contributed by atoms with Crippen LogP contribution in [0.15, 0.2) is 12.5 Å². The van der Waals surface area contributed by atoms with E-state index in [1.165, 1.54) is 32.1 Å². The van der Waals surface area contributed by atoms with Gasteiger partial charge in [-0.2, -0.15) is 0 Å². The minimum atomic E-state index is -0.0497. The second kappa shape index (κ2) is 7.13. The molecule has 2 aliphatic carbocycles. The lowest BCUT2D eigenvalue weighted by molar-refractivity contribution is 0.0522. The van der Waals surface area contributed by atoms with E-state index in [0.717, 1.165) is 31.4 Å². The Balaban J connectivity index is 1.77. The minimum Gasteiger partial charge on any atom is -0.549 e. The van der Waals surface area contributed by atoms with E-state index in [1.54, 1.807) is 0 Å². The quantitative estimate of drug-likeness (QED) is 0.301. The number of fused-ring (bicyclic) bond motifs is 1. The van der Waals surface area contributed by atoms with Crippen molar-refractivity contribution in [3.8, 4) is 0 Å². The van der Waals surface area contributed by atoms with Gasteiger partial charge in [-0.1, -0.05) is 53.4 Å². The minimum absolute atomic E-state index is 0.0497. The highest BCUT2D eigenvalue weighted by Gasteiger charge is 2.72. The summed E-state index contributed by atoms with van der Waals surface area (Å²) in [4.78, 5) is 2.17. The van der Waals surface area contributed by atoms with Crippen LogP contribution in [0, 0.1) is 11.3 Å². The summed E-state index contributed by atoms with van der Waals surface area (Å²) >= 11 is 5.62. The van der Waals surface area contributed by atoms with Gasteiger partial charge in [0.15, 0.2) is 5.88 Å². The number of hydrogen-bond acceptors (Lipinski definition) is 3. The molecule has 3 aliphatic rings. The van der Waals surface area contributed by atoms with Crippen molar-refractivity contribution in [3.05, 3.63) is 12.5 Å². The van der Waals surface area contributed by atoms with E-state index in [-0.39, 0.29) is 24.0 Å². The van der Waals surface area contributed by atoms with E-state index in [2.05, 4.69) is 39.2 Å². The summed E-state index contributed by atoms with van der Waals surface area (Å²) < 4.78 is 12.6. The zero-order chi connectivity index (χ0) is 18.2. The van der Waals surface area contributed by atoms with Crippen LogP contribution in [0.25, 0.3) is 0 Å². The summed E-state index contributed by atoms with van der Waals surface area (Å²) in [6.07, 6.45) is 10.7. The van der Waals surface area contributed by atoms with Gasteiger partial charge in [-0.3, -0.25) is 4.90 Å². The van der Waals surface area contributed by atoms with Crippen LogP contribution in [-0.2, 0) is 9.39 Å². The first-order chi connectivity index (χ1) is 11.9. The highest BCUT2D eigenvalue weighted by atomic mass is 32.1. The van der Waals surface area contributed by atoms with Gasteiger partial charge in [0.25, 0.3) is 5.17 Å². The van der Waals surface area contributed by atoms with Crippen LogP contribution in [0.1, 0.15) is 72.6 Å². The summed E-state index contributed by atoms with van der Waals surface area (Å²) in [6, 6.07) is 0. The molecule has 0 aromatic heterocycles. The first-order valence-corrected chi connectivity index (χ1v) is 10.7. The van der Waals surface area contributed by atoms with Crippen molar-refractivity contribution in [2.75, 3.05) is 0 Å². The van der Waals surface area contributed by atoms with Crippen molar-refractivity contribution in [3.63, 3.8) is 0 Å². The van der Waals surface area contributed by atoms with Crippen molar-refractivity contribution in [2.24, 2.45) is 11.3 Å². The Kier molecular flexibility index (Phi) is 5.44. The molecule has 0 N–H and O–H groups in total. The first-order valence-electron chi connectivity index (χ1n) is 10.2. The molecule has 2 bridgehead atoms. The lowest BCUT2D eigenvalue weighted by Crippen LogP contribution is -2.55. The van der Waals surface area contributed by atoms with Gasteiger partial charge >= 0.3 is 6.92 Å². The second-order valence-corrected chi connectivity index (χ2v) is 9.09. The van der Waals surface area contributed by atoms with Crippen LogP contribution in [0.4, 0.5) is 0 Å². The second-order valence-electron chi connectivity index (χ2n) is 8.74. The van der Waals surface area contributed by atoms with Crippen LogP contribution >= 0.6 is 12.2 Å². The third kappa shape index (κ3) is 2.91. The Morgan fingerprint density at radius 3 is 2.52 bits per heavy atom. The molecule has 1 heterocycles. The average molecular weight is 363 g/mol. The largest absolute Gasteiger partial charge is 0.549 e. The van der Waals surface area contributed by atoms with Crippen LogP contribution in [0.3, 0.4) is 0 Å². The molecule has 1 aliphatic heterocycles. The van der Waals surface area contributed by atoms with Gasteiger partial charge in [0.05, 0.1) is 5.54 Å². The van der Waals surface area contributed by atoms with E-state index >= 15 is 0 Å². The Morgan fingerprint density at radius 1 is 1.32 bits per heavy atom. The smallest absolute Gasteiger partial charge is 0.359 e. The monoisotopic (exact) mass is 363 g/mol. The molecule has 0 aromatic rings. The number of thiocarbonyl (C=S) groups is 1. The van der Waals surface area contributed by atoms with E-state index in [9.17, 15) is 0 Å². The van der Waals surface area contributed by atoms with Gasteiger partial charge in [-0.05, 0) is 62.0 Å². The third-order valence-electron chi connectivity index (χ3n) is 7.18. The maximum Gasteiger partial charge on any atom is 0.359 e. The van der Waals surface area contributed by atoms with Crippen molar-refractivity contribution in [1.82, 2.24) is 4.90 Å². The summed E-state index contributed by atoms with van der Waals surface area (Å²) in [6.45, 7) is 13.8. The van der Waals surface area contributed by atoms with Gasteiger partial charge in [0.1, 0.15) is 6.10 Å². The lowest BCUT2D eigenvalue weighted by Gasteiger charge is -2.43. The Bertz CT molecular complexity index is 530. The van der Waals surface area contributed by atoms with Gasteiger partial charge in [-0.15, -0.1) is 0 Å². The molecule has 1 saturated heterocycles. The maximum atomic E-state index is 6.42. The van der Waals surface area contributed by atoms with Crippen LogP contribution in [-0.4, -0.2) is 28.6 Å². The number of rotatable bonds is 9. The topological polar surface area (TPSA) is 21.7 Å². The molecule has 25 heavy (non-hydrogen) atoms. The van der Waals surface area contributed by atoms with E-state index in [4.69, 9.17) is 21.6 Å². The first kappa shape index (κ1) is 19.1. The summed E-state index contributed by atoms with van der Waals surface area (Å²) in [7, 11) is 0. The van der Waals surface area contributed by atoms with Crippen LogP contribution in [0.2, 0.25) is 12.6 Å². The molecule has 3 fully saturated rings. The number of nitrogens with zero attached hydrogens (tertiary/aromatic N) is 1. The van der Waals surface area contributed by atoms with Gasteiger partial charge in [0.2, 0.25) is 0 Å². The normalized spacial score (nSPS) is 31.8. The van der Waals surface area contributed by atoms with E-state index in [0.29, 0.717) is 11.1 Å². The van der Waals surface area contributed by atoms with Crippen molar-refractivity contribution in [1.29, 1.82) is 0 Å². The zero-order valence-electron chi connectivity index (χ0n) is 16.5. The Morgan fingerprint density at radius 2 is 1.96 bits per heavy atom. The molecular formula is C20H34BNO2S. The van der Waals surface area contributed by atoms with Gasteiger partial charge in [-0.25, -0.2) is 0 Å². The molecule has 3 atom stereocenters. The molecule has 3 nitrogen and oxygen atoms in total. The average Bonchev–Trinajstić information content (AvgIpc) is 3.08. The molecule has 0 aromatic carbocycles. The Labute approximate surface area is 159 Å². The number of unbranched alkanes of at least 4 members (excludes halogenated alkanes) is 2. The predicted octanol–water partition coefficient (Wildman–Crippen LogP) is 5.63. The molecule has 0 radical (unpaired) electrons. The van der Waals surface area contributed by atoms with Crippen LogP contribution < -0.4 is 0 Å². The lowest BCUT2D eigenvalue weighted by atomic mass is 9.59. The number of hydrogen-bond donors (Lipinski definition) is 0. The summed E-state index contributed by atoms with van der Waals surface area (Å²) in [5.41, 5.74) is 0.138. The maximum absolute atomic E-state index is 6.42. The fraction of sp³-hybridized carbons (Fsp3) is 0.850. The molecule has 3 rings (SSSR count). The molecular weight excluding hydrogens is 329 g/mol. The summed E-state index contributed by atoms with van der Waals surface area (Å²) in [5.74, 6) is 1.44. The Hall–Kier alpha value is -0.705. The van der Waals surface area contributed by atoms with Crippen LogP contribution in [0.5, 0.6) is 0 Å². The molecule has 140 valence electrons. The zero-order valence-corrected chi connectivity index (χ0v) is 17.3. The fourth-order valence-electron chi connectivity index (χ4n) is 5.59. The van der Waals surface area contributed by atoms with Crippen molar-refractivity contribution in [2.45, 2.75) is 96.9 Å².